The van der Waals surface area contributed by atoms with Gasteiger partial charge in [-0.2, -0.15) is 0 Å². The van der Waals surface area contributed by atoms with Gasteiger partial charge in [-0.05, 0) is 18.2 Å². The molecule has 2 aromatic heterocycles. The summed E-state index contributed by atoms with van der Waals surface area (Å²) in [7, 11) is 0. The summed E-state index contributed by atoms with van der Waals surface area (Å²) in [5, 5.41) is 12.5. The molecule has 0 atom stereocenters. The lowest BCUT2D eigenvalue weighted by atomic mass is 10.0. The van der Waals surface area contributed by atoms with Crippen LogP contribution in [0.4, 0.5) is 19.7 Å². The average molecular weight is 408 g/mol. The van der Waals surface area contributed by atoms with Crippen molar-refractivity contribution in [3.8, 4) is 11.1 Å². The lowest BCUT2D eigenvalue weighted by Gasteiger charge is -2.12. The number of hydrogen-bond donors (Lipinski definition) is 3. The van der Waals surface area contributed by atoms with Gasteiger partial charge in [0.05, 0.1) is 21.8 Å². The Morgan fingerprint density at radius 3 is 2.81 bits per heavy atom. The van der Waals surface area contributed by atoms with E-state index in [1.807, 2.05) is 0 Å². The third kappa shape index (κ3) is 2.93. The van der Waals surface area contributed by atoms with Gasteiger partial charge >= 0.3 is 0 Å². The maximum absolute atomic E-state index is 15.4. The summed E-state index contributed by atoms with van der Waals surface area (Å²) in [5.74, 6) is -0.812. The molecule has 4 rings (SSSR count). The zero-order valence-corrected chi connectivity index (χ0v) is 15.2. The Hall–Kier alpha value is -2.62. The van der Waals surface area contributed by atoms with Crippen molar-refractivity contribution < 1.29 is 13.9 Å². The highest BCUT2D eigenvalue weighted by Crippen LogP contribution is 2.41. The van der Waals surface area contributed by atoms with E-state index in [0.29, 0.717) is 16.8 Å². The molecule has 0 bridgehead atoms. The van der Waals surface area contributed by atoms with E-state index in [9.17, 15) is 4.39 Å². The van der Waals surface area contributed by atoms with Crippen molar-refractivity contribution in [3.63, 3.8) is 0 Å². The first-order chi connectivity index (χ1) is 13.0. The molecular weight excluding hydrogens is 396 g/mol. The van der Waals surface area contributed by atoms with Crippen molar-refractivity contribution in [3.05, 3.63) is 41.2 Å². The second-order valence-electron chi connectivity index (χ2n) is 5.64. The van der Waals surface area contributed by atoms with E-state index in [0.717, 1.165) is 11.3 Å². The van der Waals surface area contributed by atoms with Gasteiger partial charge in [0.1, 0.15) is 23.5 Å². The van der Waals surface area contributed by atoms with Crippen molar-refractivity contribution in [2.45, 2.75) is 0 Å². The van der Waals surface area contributed by atoms with Crippen LogP contribution in [0.3, 0.4) is 0 Å². The molecule has 2 heterocycles. The van der Waals surface area contributed by atoms with Gasteiger partial charge in [0, 0.05) is 23.1 Å². The molecule has 0 amide bonds. The van der Waals surface area contributed by atoms with Crippen LogP contribution >= 0.6 is 22.9 Å². The summed E-state index contributed by atoms with van der Waals surface area (Å²) in [6.07, 6.45) is 1.21. The molecule has 6 nitrogen and oxygen atoms in total. The van der Waals surface area contributed by atoms with E-state index in [1.165, 1.54) is 24.5 Å². The smallest absolute Gasteiger partial charge is 0.181 e. The number of halogens is 3. The van der Waals surface area contributed by atoms with Crippen molar-refractivity contribution in [1.82, 2.24) is 15.0 Å². The van der Waals surface area contributed by atoms with E-state index in [2.05, 4.69) is 20.3 Å². The van der Waals surface area contributed by atoms with Crippen molar-refractivity contribution >= 4 is 55.0 Å². The van der Waals surface area contributed by atoms with Crippen LogP contribution < -0.4 is 11.1 Å². The van der Waals surface area contributed by atoms with Crippen LogP contribution in [-0.2, 0) is 0 Å². The molecule has 138 valence electrons. The molecule has 0 aliphatic carbocycles. The molecule has 4 N–H and O–H groups in total. The minimum absolute atomic E-state index is 0.0468. The normalized spacial score (nSPS) is 11.4. The quantitative estimate of drug-likeness (QED) is 0.475. The zero-order valence-electron chi connectivity index (χ0n) is 13.6. The second-order valence-corrected chi connectivity index (χ2v) is 7.08. The standard InChI is InChI=1S/C17H12ClF2N5OS/c18-9-5-8-13(23-6-24-16(8)22-3-4-26)12(20)11(9)7-1-2-10(19)15-14(7)25-17(21)27-15/h1-2,5-6,26H,3-4H2,(H2,21,25)(H,22,23,24). The van der Waals surface area contributed by atoms with E-state index in [-0.39, 0.29) is 44.6 Å². The lowest BCUT2D eigenvalue weighted by Crippen LogP contribution is -2.08. The summed E-state index contributed by atoms with van der Waals surface area (Å²) >= 11 is 7.36. The van der Waals surface area contributed by atoms with Gasteiger partial charge in [0.25, 0.3) is 0 Å². The number of fused-ring (bicyclic) bond motifs is 2. The van der Waals surface area contributed by atoms with Crippen LogP contribution in [0.15, 0.2) is 24.5 Å². The average Bonchev–Trinajstić information content (AvgIpc) is 3.04. The van der Waals surface area contributed by atoms with Gasteiger partial charge in [-0.15, -0.1) is 0 Å². The third-order valence-electron chi connectivity index (χ3n) is 4.01. The Labute approximate surface area is 160 Å². The highest BCUT2D eigenvalue weighted by molar-refractivity contribution is 7.22. The number of aromatic nitrogens is 3. The molecule has 0 aliphatic heterocycles. The predicted molar refractivity (Wildman–Crippen MR) is 103 cm³/mol. The Morgan fingerprint density at radius 1 is 1.22 bits per heavy atom. The molecule has 0 fully saturated rings. The van der Waals surface area contributed by atoms with E-state index in [1.54, 1.807) is 0 Å². The van der Waals surface area contributed by atoms with Crippen molar-refractivity contribution in [2.75, 3.05) is 24.2 Å². The fourth-order valence-electron chi connectivity index (χ4n) is 2.89. The highest BCUT2D eigenvalue weighted by Gasteiger charge is 2.21. The number of aliphatic hydroxyl groups excluding tert-OH is 1. The first-order valence-electron chi connectivity index (χ1n) is 7.83. The van der Waals surface area contributed by atoms with E-state index < -0.39 is 11.6 Å². The summed E-state index contributed by atoms with van der Waals surface area (Å²) in [6.45, 7) is 0.127. The summed E-state index contributed by atoms with van der Waals surface area (Å²) in [5.41, 5.74) is 6.38. The summed E-state index contributed by atoms with van der Waals surface area (Å²) in [4.78, 5) is 12.2. The SMILES string of the molecule is Nc1nc2c(-c3c(Cl)cc4c(NCCO)ncnc4c3F)ccc(F)c2s1. The summed E-state index contributed by atoms with van der Waals surface area (Å²) in [6, 6.07) is 4.17. The molecular formula is C17H12ClF2N5OS. The first kappa shape index (κ1) is 17.8. The Bertz CT molecular complexity index is 1180. The molecule has 0 radical (unpaired) electrons. The zero-order chi connectivity index (χ0) is 19.1. The van der Waals surface area contributed by atoms with Gasteiger partial charge in [-0.3, -0.25) is 0 Å². The number of nitrogens with zero attached hydrogens (tertiary/aromatic N) is 3. The predicted octanol–water partition coefficient (Wildman–Crippen LogP) is 3.82. The molecule has 2 aromatic carbocycles. The molecule has 0 saturated carbocycles. The van der Waals surface area contributed by atoms with Crippen LogP contribution in [0.25, 0.3) is 32.2 Å². The number of nitrogens with one attached hydrogen (secondary N) is 1. The Kier molecular flexibility index (Phi) is 4.50. The van der Waals surface area contributed by atoms with Gasteiger partial charge in [-0.1, -0.05) is 22.9 Å². The van der Waals surface area contributed by atoms with Gasteiger partial charge in [0.15, 0.2) is 10.9 Å². The van der Waals surface area contributed by atoms with E-state index in [4.69, 9.17) is 22.4 Å². The Morgan fingerprint density at radius 2 is 2.04 bits per heavy atom. The number of rotatable bonds is 4. The number of aliphatic hydroxyl groups is 1. The first-order valence-corrected chi connectivity index (χ1v) is 9.03. The lowest BCUT2D eigenvalue weighted by molar-refractivity contribution is 0.311. The van der Waals surface area contributed by atoms with Gasteiger partial charge < -0.3 is 16.2 Å². The second kappa shape index (κ2) is 6.84. The number of benzene rings is 2. The number of nitrogen functional groups attached to an aromatic ring is 1. The molecule has 27 heavy (non-hydrogen) atoms. The van der Waals surface area contributed by atoms with E-state index >= 15 is 4.39 Å². The van der Waals surface area contributed by atoms with Crippen molar-refractivity contribution in [1.29, 1.82) is 0 Å². The molecule has 4 aromatic rings. The van der Waals surface area contributed by atoms with Crippen LogP contribution in [0, 0.1) is 11.6 Å². The minimum atomic E-state index is -0.675. The van der Waals surface area contributed by atoms with Crippen LogP contribution in [0.5, 0.6) is 0 Å². The van der Waals surface area contributed by atoms with Gasteiger partial charge in [-0.25, -0.2) is 23.7 Å². The van der Waals surface area contributed by atoms with Crippen LogP contribution in [0.2, 0.25) is 5.02 Å². The molecule has 0 aliphatic rings. The summed E-state index contributed by atoms with van der Waals surface area (Å²) < 4.78 is 29.6. The monoisotopic (exact) mass is 407 g/mol. The topological polar surface area (TPSA) is 97.0 Å². The third-order valence-corrected chi connectivity index (χ3v) is 5.20. The molecule has 0 unspecified atom stereocenters. The number of anilines is 2. The molecule has 0 saturated heterocycles. The highest BCUT2D eigenvalue weighted by atomic mass is 35.5. The van der Waals surface area contributed by atoms with Crippen LogP contribution in [-0.4, -0.2) is 33.2 Å². The largest absolute Gasteiger partial charge is 0.395 e. The fourth-order valence-corrected chi connectivity index (χ4v) is 3.94. The Balaban J connectivity index is 2.00. The number of nitrogens with two attached hydrogens (primary N) is 1. The van der Waals surface area contributed by atoms with Crippen LogP contribution in [0.1, 0.15) is 0 Å². The minimum Gasteiger partial charge on any atom is -0.395 e. The maximum atomic E-state index is 15.4. The number of thiazole rings is 1. The number of hydrogen-bond acceptors (Lipinski definition) is 7. The van der Waals surface area contributed by atoms with Gasteiger partial charge in [0.2, 0.25) is 0 Å². The molecule has 0 spiro atoms. The fraction of sp³-hybridized carbons (Fsp3) is 0.118. The molecule has 10 heteroatoms. The van der Waals surface area contributed by atoms with Crippen molar-refractivity contribution in [2.24, 2.45) is 0 Å². The maximum Gasteiger partial charge on any atom is 0.181 e.